The van der Waals surface area contributed by atoms with Crippen molar-refractivity contribution in [2.24, 2.45) is 0 Å². The van der Waals surface area contributed by atoms with Crippen molar-refractivity contribution in [2.45, 2.75) is 26.5 Å². The molecule has 0 aliphatic carbocycles. The van der Waals surface area contributed by atoms with Crippen molar-refractivity contribution in [3.63, 3.8) is 0 Å². The topological polar surface area (TPSA) is 62.8 Å². The van der Waals surface area contributed by atoms with Gasteiger partial charge in [0, 0.05) is 13.1 Å². The first kappa shape index (κ1) is 21.5. The summed E-state index contributed by atoms with van der Waals surface area (Å²) in [5.74, 6) is 1.25. The molecule has 2 aromatic rings. The van der Waals surface area contributed by atoms with Gasteiger partial charge < -0.3 is 25.2 Å². The molecule has 0 aliphatic rings. The number of aliphatic hydroxyl groups excluding tert-OH is 1. The van der Waals surface area contributed by atoms with Gasteiger partial charge in [0.1, 0.15) is 6.61 Å². The van der Waals surface area contributed by atoms with Crippen LogP contribution in [0.2, 0.25) is 5.02 Å². The predicted octanol–water partition coefficient (Wildman–Crippen LogP) is 3.38. The van der Waals surface area contributed by atoms with Gasteiger partial charge in [-0.3, -0.25) is 0 Å². The third-order valence-corrected chi connectivity index (χ3v) is 4.20. The average Bonchev–Trinajstić information content (AvgIpc) is 2.68. The van der Waals surface area contributed by atoms with Crippen LogP contribution in [-0.2, 0) is 13.2 Å². The number of rotatable bonds is 13. The number of halogens is 1. The van der Waals surface area contributed by atoms with Gasteiger partial charge in [0.25, 0.3) is 0 Å². The number of hydrogen-bond acceptors (Lipinski definition) is 5. The van der Waals surface area contributed by atoms with Crippen LogP contribution in [0.3, 0.4) is 0 Å². The summed E-state index contributed by atoms with van der Waals surface area (Å²) in [7, 11) is 0. The number of nitrogens with one attached hydrogen (secondary N) is 2. The van der Waals surface area contributed by atoms with E-state index in [9.17, 15) is 0 Å². The van der Waals surface area contributed by atoms with E-state index < -0.39 is 0 Å². The minimum atomic E-state index is 0.171. The standard InChI is InChI=1S/C21H29ClN2O3/c1-2-26-20-14-18(15-24-10-6-9-23-11-12-25)13-19(22)21(20)27-16-17-7-4-3-5-8-17/h3-5,7-8,13-14,23-25H,2,6,9-12,15-16H2,1H3. The van der Waals surface area contributed by atoms with Crippen LogP contribution in [0, 0.1) is 0 Å². The first-order chi connectivity index (χ1) is 13.2. The molecule has 0 saturated carbocycles. The summed E-state index contributed by atoms with van der Waals surface area (Å²) in [6, 6.07) is 13.9. The molecular formula is C21H29ClN2O3. The van der Waals surface area contributed by atoms with Gasteiger partial charge in [0.05, 0.1) is 18.2 Å². The molecule has 6 heteroatoms. The molecule has 5 nitrogen and oxygen atoms in total. The Labute approximate surface area is 166 Å². The Hall–Kier alpha value is -1.79. The van der Waals surface area contributed by atoms with E-state index in [1.165, 1.54) is 0 Å². The van der Waals surface area contributed by atoms with E-state index in [-0.39, 0.29) is 6.61 Å². The summed E-state index contributed by atoms with van der Waals surface area (Å²) >= 11 is 6.47. The van der Waals surface area contributed by atoms with Crippen molar-refractivity contribution in [3.8, 4) is 11.5 Å². The normalized spacial score (nSPS) is 10.8. The van der Waals surface area contributed by atoms with Gasteiger partial charge in [-0.1, -0.05) is 41.9 Å². The maximum Gasteiger partial charge on any atom is 0.180 e. The second-order valence-electron chi connectivity index (χ2n) is 6.12. The van der Waals surface area contributed by atoms with Gasteiger partial charge in [-0.25, -0.2) is 0 Å². The maximum absolute atomic E-state index is 8.73. The van der Waals surface area contributed by atoms with Crippen molar-refractivity contribution in [1.29, 1.82) is 0 Å². The maximum atomic E-state index is 8.73. The lowest BCUT2D eigenvalue weighted by Crippen LogP contribution is -2.23. The van der Waals surface area contributed by atoms with Crippen molar-refractivity contribution in [1.82, 2.24) is 10.6 Å². The van der Waals surface area contributed by atoms with Crippen LogP contribution >= 0.6 is 11.6 Å². The molecule has 0 atom stereocenters. The second kappa shape index (κ2) is 12.6. The zero-order chi connectivity index (χ0) is 19.3. The monoisotopic (exact) mass is 392 g/mol. The molecule has 0 aliphatic heterocycles. The highest BCUT2D eigenvalue weighted by atomic mass is 35.5. The van der Waals surface area contributed by atoms with Gasteiger partial charge in [-0.2, -0.15) is 0 Å². The Morgan fingerprint density at radius 2 is 1.74 bits per heavy atom. The van der Waals surface area contributed by atoms with Crippen LogP contribution in [0.25, 0.3) is 0 Å². The molecule has 2 rings (SSSR count). The molecule has 0 radical (unpaired) electrons. The fraction of sp³-hybridized carbons (Fsp3) is 0.429. The molecule has 3 N–H and O–H groups in total. The molecule has 0 fully saturated rings. The Morgan fingerprint density at radius 1 is 0.963 bits per heavy atom. The summed E-state index contributed by atoms with van der Waals surface area (Å²) in [5.41, 5.74) is 2.13. The summed E-state index contributed by atoms with van der Waals surface area (Å²) in [5, 5.41) is 15.8. The molecule has 2 aromatic carbocycles. The first-order valence-electron chi connectivity index (χ1n) is 9.38. The van der Waals surface area contributed by atoms with Crippen molar-refractivity contribution < 1.29 is 14.6 Å². The van der Waals surface area contributed by atoms with E-state index in [1.54, 1.807) is 0 Å². The number of ether oxygens (including phenoxy) is 2. The van der Waals surface area contributed by atoms with E-state index in [4.69, 9.17) is 26.2 Å². The Bertz CT molecular complexity index is 668. The fourth-order valence-electron chi connectivity index (χ4n) is 2.63. The second-order valence-corrected chi connectivity index (χ2v) is 6.52. The van der Waals surface area contributed by atoms with Crippen LogP contribution in [-0.4, -0.2) is 38.0 Å². The number of aliphatic hydroxyl groups is 1. The van der Waals surface area contributed by atoms with Gasteiger partial charge in [0.2, 0.25) is 0 Å². The zero-order valence-corrected chi connectivity index (χ0v) is 16.6. The highest BCUT2D eigenvalue weighted by molar-refractivity contribution is 6.32. The lowest BCUT2D eigenvalue weighted by Gasteiger charge is -2.16. The van der Waals surface area contributed by atoms with E-state index in [2.05, 4.69) is 10.6 Å². The van der Waals surface area contributed by atoms with E-state index in [0.29, 0.717) is 42.8 Å². The van der Waals surface area contributed by atoms with Crippen LogP contribution in [0.15, 0.2) is 42.5 Å². The summed E-state index contributed by atoms with van der Waals surface area (Å²) in [6.07, 6.45) is 0.990. The van der Waals surface area contributed by atoms with Gasteiger partial charge >= 0.3 is 0 Å². The molecule has 0 aromatic heterocycles. The van der Waals surface area contributed by atoms with Crippen LogP contribution in [0.1, 0.15) is 24.5 Å². The third kappa shape index (κ3) is 7.77. The quantitative estimate of drug-likeness (QED) is 0.456. The largest absolute Gasteiger partial charge is 0.490 e. The molecule has 0 saturated heterocycles. The van der Waals surface area contributed by atoms with Crippen LogP contribution in [0.5, 0.6) is 11.5 Å². The lowest BCUT2D eigenvalue weighted by molar-refractivity contribution is 0.269. The fourth-order valence-corrected chi connectivity index (χ4v) is 2.92. The molecule has 148 valence electrons. The zero-order valence-electron chi connectivity index (χ0n) is 15.8. The lowest BCUT2D eigenvalue weighted by atomic mass is 10.2. The Balaban J connectivity index is 1.92. The van der Waals surface area contributed by atoms with Gasteiger partial charge in [-0.05, 0) is 49.7 Å². The summed E-state index contributed by atoms with van der Waals surface area (Å²) in [6.45, 7) is 6.21. The minimum Gasteiger partial charge on any atom is -0.490 e. The predicted molar refractivity (Wildman–Crippen MR) is 110 cm³/mol. The highest BCUT2D eigenvalue weighted by Gasteiger charge is 2.13. The van der Waals surface area contributed by atoms with Crippen LogP contribution < -0.4 is 20.1 Å². The van der Waals surface area contributed by atoms with Crippen molar-refractivity contribution in [2.75, 3.05) is 32.8 Å². The van der Waals surface area contributed by atoms with Crippen LogP contribution in [0.4, 0.5) is 0 Å². The molecule has 0 bridgehead atoms. The summed E-state index contributed by atoms with van der Waals surface area (Å²) in [4.78, 5) is 0. The minimum absolute atomic E-state index is 0.171. The smallest absolute Gasteiger partial charge is 0.180 e. The van der Waals surface area contributed by atoms with Gasteiger partial charge in [0.15, 0.2) is 11.5 Å². The van der Waals surface area contributed by atoms with E-state index in [1.807, 2.05) is 49.4 Å². The number of benzene rings is 2. The first-order valence-corrected chi connectivity index (χ1v) is 9.76. The molecule has 27 heavy (non-hydrogen) atoms. The van der Waals surface area contributed by atoms with E-state index >= 15 is 0 Å². The molecule has 0 heterocycles. The highest BCUT2D eigenvalue weighted by Crippen LogP contribution is 2.37. The SMILES string of the molecule is CCOc1cc(CNCCCNCCO)cc(Cl)c1OCc1ccccc1. The third-order valence-electron chi connectivity index (χ3n) is 3.92. The Morgan fingerprint density at radius 3 is 2.48 bits per heavy atom. The summed E-state index contributed by atoms with van der Waals surface area (Å²) < 4.78 is 11.7. The van der Waals surface area contributed by atoms with Gasteiger partial charge in [-0.15, -0.1) is 0 Å². The Kier molecular flexibility index (Phi) is 10.0. The molecule has 0 spiro atoms. The molecular weight excluding hydrogens is 364 g/mol. The molecule has 0 amide bonds. The average molecular weight is 393 g/mol. The van der Waals surface area contributed by atoms with Crippen molar-refractivity contribution in [3.05, 3.63) is 58.6 Å². The van der Waals surface area contributed by atoms with E-state index in [0.717, 1.165) is 30.6 Å². The molecule has 0 unspecified atom stereocenters. The van der Waals surface area contributed by atoms with Crippen molar-refractivity contribution >= 4 is 11.6 Å². The number of hydrogen-bond donors (Lipinski definition) is 3.